The Morgan fingerprint density at radius 3 is 2.07 bits per heavy atom. The van der Waals surface area contributed by atoms with Gasteiger partial charge in [0.05, 0.1) is 40.5 Å². The van der Waals surface area contributed by atoms with Crippen LogP contribution in [0.15, 0.2) is 30.3 Å². The molecule has 3 rings (SSSR count). The van der Waals surface area contributed by atoms with Gasteiger partial charge in [-0.1, -0.05) is 121 Å². The second-order valence-corrected chi connectivity index (χ2v) is 14.2. The highest BCUT2D eigenvalue weighted by atomic mass is 31.2. The first-order valence-electron chi connectivity index (χ1n) is 16.6. The molecule has 41 heavy (non-hydrogen) atoms. The van der Waals surface area contributed by atoms with Gasteiger partial charge in [-0.2, -0.15) is 0 Å². The Bertz CT molecular complexity index is 853. The average molecular weight is 597 g/mol. The number of likely N-dealkylation sites (tertiary alicyclic amines) is 1. The third kappa shape index (κ3) is 13.6. The molecule has 1 aromatic carbocycles. The van der Waals surface area contributed by atoms with Gasteiger partial charge in [-0.05, 0) is 24.8 Å². The Hall–Kier alpha value is -0.790. The molecule has 236 valence electrons. The lowest BCUT2D eigenvalue weighted by Crippen LogP contribution is -2.56. The molecule has 0 saturated carbocycles. The summed E-state index contributed by atoms with van der Waals surface area (Å²) < 4.78 is 43.6. The third-order valence-electron chi connectivity index (χ3n) is 8.42. The summed E-state index contributed by atoms with van der Waals surface area (Å²) in [6.07, 6.45) is 19.8. The normalized spacial score (nSPS) is 24.4. The van der Waals surface area contributed by atoms with Crippen molar-refractivity contribution in [2.45, 2.75) is 135 Å². The quantitative estimate of drug-likeness (QED) is 0.0715. The summed E-state index contributed by atoms with van der Waals surface area (Å²) in [6.45, 7) is 4.89. The highest BCUT2D eigenvalue weighted by molar-refractivity contribution is 7.48. The number of hydrogen-bond donors (Lipinski definition) is 0. The first-order valence-corrected chi connectivity index (χ1v) is 18.1. The molecule has 1 aromatic rings. The van der Waals surface area contributed by atoms with E-state index < -0.39 is 7.82 Å². The molecule has 7 nitrogen and oxygen atoms in total. The fourth-order valence-electron chi connectivity index (χ4n) is 5.82. The molecule has 0 radical (unpaired) electrons. The Labute approximate surface area is 250 Å². The minimum Gasteiger partial charge on any atom is -0.379 e. The lowest BCUT2D eigenvalue weighted by Gasteiger charge is -2.39. The molecule has 2 saturated heterocycles. The number of fused-ring (bicyclic) bond motifs is 1. The zero-order chi connectivity index (χ0) is 29.2. The van der Waals surface area contributed by atoms with Crippen LogP contribution in [0.25, 0.3) is 0 Å². The molecule has 2 aliphatic heterocycles. The van der Waals surface area contributed by atoms with Crippen molar-refractivity contribution in [3.63, 3.8) is 0 Å². The fraction of sp³-hybridized carbons (Fsp3) is 0.818. The molecule has 2 heterocycles. The van der Waals surface area contributed by atoms with E-state index in [1.807, 2.05) is 30.3 Å². The molecule has 2 fully saturated rings. The summed E-state index contributed by atoms with van der Waals surface area (Å²) in [5.41, 5.74) is 1.08. The average Bonchev–Trinajstić information content (AvgIpc) is 3.32. The maximum Gasteiger partial charge on any atom is 0.480 e. The van der Waals surface area contributed by atoms with Gasteiger partial charge in [0.15, 0.2) is 0 Å². The van der Waals surface area contributed by atoms with Crippen LogP contribution in [-0.2, 0) is 34.2 Å². The second-order valence-electron chi connectivity index (χ2n) is 12.6. The van der Waals surface area contributed by atoms with Crippen molar-refractivity contribution in [2.75, 3.05) is 40.5 Å². The molecular formula is C33H59NO6P+. The summed E-state index contributed by atoms with van der Waals surface area (Å²) in [4.78, 5) is 0. The third-order valence-corrected chi connectivity index (χ3v) is 9.89. The number of phosphoric acid groups is 1. The number of piperidine rings is 1. The Morgan fingerprint density at radius 1 is 0.854 bits per heavy atom. The van der Waals surface area contributed by atoms with E-state index in [4.69, 9.17) is 23.0 Å². The van der Waals surface area contributed by atoms with Crippen molar-refractivity contribution in [3.05, 3.63) is 35.9 Å². The van der Waals surface area contributed by atoms with E-state index in [9.17, 15) is 4.57 Å². The molecule has 0 N–H and O–H groups in total. The summed E-state index contributed by atoms with van der Waals surface area (Å²) in [7, 11) is 0.548. The first kappa shape index (κ1) is 34.7. The van der Waals surface area contributed by atoms with Gasteiger partial charge in [-0.3, -0.25) is 9.05 Å². The largest absolute Gasteiger partial charge is 0.480 e. The number of quaternary nitrogens is 1. The molecule has 8 heteroatoms. The Morgan fingerprint density at radius 2 is 1.46 bits per heavy atom. The number of benzene rings is 1. The van der Waals surface area contributed by atoms with E-state index in [-0.39, 0.29) is 25.0 Å². The van der Waals surface area contributed by atoms with E-state index in [0.29, 0.717) is 24.3 Å². The summed E-state index contributed by atoms with van der Waals surface area (Å²) in [6, 6.07) is 10.0. The SMILES string of the molecule is CCCCCCCCCCCCCCCCOCC(COP1(=O)OC2CCC[N+](C)(C)C2O1)OCc1ccccc1. The van der Waals surface area contributed by atoms with E-state index in [0.717, 1.165) is 31.4 Å². The van der Waals surface area contributed by atoms with Crippen molar-refractivity contribution in [2.24, 2.45) is 0 Å². The van der Waals surface area contributed by atoms with Crippen LogP contribution in [0.3, 0.4) is 0 Å². The van der Waals surface area contributed by atoms with Gasteiger partial charge in [0, 0.05) is 6.61 Å². The van der Waals surface area contributed by atoms with Crippen LogP contribution in [0, 0.1) is 0 Å². The fourth-order valence-corrected chi connectivity index (χ4v) is 7.54. The van der Waals surface area contributed by atoms with Gasteiger partial charge in [0.1, 0.15) is 12.2 Å². The van der Waals surface area contributed by atoms with Crippen LogP contribution in [0.1, 0.15) is 115 Å². The highest BCUT2D eigenvalue weighted by Gasteiger charge is 2.55. The first-order chi connectivity index (χ1) is 19.9. The molecule has 0 aromatic heterocycles. The maximum absolute atomic E-state index is 13.3. The minimum atomic E-state index is -3.63. The molecule has 0 spiro atoms. The van der Waals surface area contributed by atoms with Crippen LogP contribution in [0.5, 0.6) is 0 Å². The lowest BCUT2D eigenvalue weighted by atomic mass is 10.0. The van der Waals surface area contributed by atoms with Crippen LogP contribution < -0.4 is 0 Å². The predicted molar refractivity (Wildman–Crippen MR) is 166 cm³/mol. The van der Waals surface area contributed by atoms with Crippen molar-refractivity contribution >= 4 is 7.82 Å². The number of phosphoric ester groups is 1. The topological polar surface area (TPSA) is 63.2 Å². The number of rotatable bonds is 23. The Balaban J connectivity index is 1.28. The minimum absolute atomic E-state index is 0.107. The standard InChI is InChI=1S/C33H59NO6P/c1-4-5-6-7-8-9-10-11-12-13-14-15-16-20-26-36-28-31(37-27-30-22-18-17-19-23-30)29-38-41(35)39-32-24-21-25-34(2,3)33(32)40-41/h17-19,22-23,31-33H,4-16,20-21,24-29H2,1-3H3/q+1. The number of nitrogens with zero attached hydrogens (tertiary/aromatic N) is 1. The van der Waals surface area contributed by atoms with Crippen LogP contribution in [-0.4, -0.2) is 63.4 Å². The zero-order valence-electron chi connectivity index (χ0n) is 26.3. The van der Waals surface area contributed by atoms with E-state index in [1.165, 1.54) is 83.5 Å². The Kier molecular flexibility index (Phi) is 16.5. The molecule has 4 unspecified atom stereocenters. The smallest absolute Gasteiger partial charge is 0.379 e. The number of unbranched alkanes of at least 4 members (excludes halogenated alkanes) is 13. The summed E-state index contributed by atoms with van der Waals surface area (Å²) in [5, 5.41) is 0. The highest BCUT2D eigenvalue weighted by Crippen LogP contribution is 2.60. The molecule has 2 aliphatic rings. The lowest BCUT2D eigenvalue weighted by molar-refractivity contribution is -0.939. The van der Waals surface area contributed by atoms with Crippen molar-refractivity contribution in [1.82, 2.24) is 0 Å². The van der Waals surface area contributed by atoms with E-state index >= 15 is 0 Å². The number of likely N-dealkylation sites (N-methyl/N-ethyl adjacent to an activating group) is 1. The van der Waals surface area contributed by atoms with Crippen LogP contribution >= 0.6 is 7.82 Å². The molecule has 0 aliphatic carbocycles. The van der Waals surface area contributed by atoms with E-state index in [1.54, 1.807) is 0 Å². The predicted octanol–water partition coefficient (Wildman–Crippen LogP) is 8.81. The van der Waals surface area contributed by atoms with E-state index in [2.05, 4.69) is 21.0 Å². The van der Waals surface area contributed by atoms with Crippen LogP contribution in [0.2, 0.25) is 0 Å². The monoisotopic (exact) mass is 596 g/mol. The van der Waals surface area contributed by atoms with Crippen molar-refractivity contribution in [1.29, 1.82) is 0 Å². The number of ether oxygens (including phenoxy) is 2. The molecule has 0 amide bonds. The molecular weight excluding hydrogens is 537 g/mol. The van der Waals surface area contributed by atoms with Gasteiger partial charge in [0.2, 0.25) is 6.23 Å². The van der Waals surface area contributed by atoms with Crippen molar-refractivity contribution in [3.8, 4) is 0 Å². The van der Waals surface area contributed by atoms with Gasteiger partial charge < -0.3 is 14.0 Å². The maximum atomic E-state index is 13.3. The van der Waals surface area contributed by atoms with Crippen molar-refractivity contribution < 1.29 is 32.1 Å². The molecule has 0 bridgehead atoms. The van der Waals surface area contributed by atoms with Gasteiger partial charge in [0.25, 0.3) is 0 Å². The zero-order valence-corrected chi connectivity index (χ0v) is 27.2. The summed E-state index contributed by atoms with van der Waals surface area (Å²) >= 11 is 0. The number of hydrogen-bond acceptors (Lipinski definition) is 6. The summed E-state index contributed by atoms with van der Waals surface area (Å²) in [5.74, 6) is 0. The molecule has 4 atom stereocenters. The second kappa shape index (κ2) is 19.5. The van der Waals surface area contributed by atoms with Gasteiger partial charge >= 0.3 is 7.82 Å². The van der Waals surface area contributed by atoms with Crippen LogP contribution in [0.4, 0.5) is 0 Å². The van der Waals surface area contributed by atoms with Gasteiger partial charge in [-0.15, -0.1) is 0 Å². The van der Waals surface area contributed by atoms with Gasteiger partial charge in [-0.25, -0.2) is 9.09 Å².